The summed E-state index contributed by atoms with van der Waals surface area (Å²) in [7, 11) is 0. The molecule has 7 aromatic carbocycles. The van der Waals surface area contributed by atoms with E-state index in [1.807, 2.05) is 36.4 Å². The Bertz CT molecular complexity index is 2750. The summed E-state index contributed by atoms with van der Waals surface area (Å²) in [4.78, 5) is 0. The molecule has 0 amide bonds. The molecule has 0 N–H and O–H groups in total. The molecule has 0 atom stereocenters. The minimum Gasteiger partial charge on any atom is -0.309 e. The molecule has 0 unspecified atom stereocenters. The molecule has 9 aromatic rings. The van der Waals surface area contributed by atoms with E-state index < -0.39 is 0 Å². The minimum absolute atomic E-state index is 0.633. The number of hydrogen-bond acceptors (Lipinski definition) is 2. The Morgan fingerprint density at radius 2 is 0.833 bits per heavy atom. The van der Waals surface area contributed by atoms with Gasteiger partial charge in [-0.05, 0) is 95.1 Å². The van der Waals surface area contributed by atoms with Gasteiger partial charge in [0.2, 0.25) is 0 Å². The number of hydrogen-bond donors (Lipinski definition) is 0. The lowest BCUT2D eigenvalue weighted by molar-refractivity contribution is 1.17. The first-order chi connectivity index (χ1) is 23.7. The normalized spacial score (nSPS) is 11.3. The van der Waals surface area contributed by atoms with Crippen LogP contribution in [0.25, 0.3) is 77.2 Å². The van der Waals surface area contributed by atoms with E-state index in [-0.39, 0.29) is 0 Å². The number of benzene rings is 7. The molecule has 0 bridgehead atoms. The molecule has 0 aliphatic carbocycles. The quantitative estimate of drug-likeness (QED) is 0.199. The van der Waals surface area contributed by atoms with Crippen molar-refractivity contribution in [1.29, 1.82) is 10.5 Å². The Hall–Kier alpha value is -6.88. The fourth-order valence-corrected chi connectivity index (χ4v) is 7.15. The highest BCUT2D eigenvalue weighted by Crippen LogP contribution is 2.38. The first kappa shape index (κ1) is 27.4. The molecule has 0 saturated carbocycles. The second-order valence-corrected chi connectivity index (χ2v) is 12.1. The molecule has 0 aliphatic heterocycles. The van der Waals surface area contributed by atoms with Gasteiger partial charge < -0.3 is 9.13 Å². The van der Waals surface area contributed by atoms with Crippen LogP contribution in [0.15, 0.2) is 158 Å². The topological polar surface area (TPSA) is 57.4 Å². The summed E-state index contributed by atoms with van der Waals surface area (Å²) in [6.45, 7) is 0. The highest BCUT2D eigenvalue weighted by molar-refractivity contribution is 6.10. The fraction of sp³-hybridized carbons (Fsp3) is 0. The molecular weight excluding hydrogens is 585 g/mol. The van der Waals surface area contributed by atoms with Crippen LogP contribution in [-0.4, -0.2) is 9.13 Å². The summed E-state index contributed by atoms with van der Waals surface area (Å²) >= 11 is 0. The molecule has 222 valence electrons. The van der Waals surface area contributed by atoms with Gasteiger partial charge in [0.1, 0.15) is 0 Å². The average molecular weight is 611 g/mol. The molecule has 2 heterocycles. The van der Waals surface area contributed by atoms with Crippen LogP contribution in [0.1, 0.15) is 11.1 Å². The zero-order valence-electron chi connectivity index (χ0n) is 25.8. The summed E-state index contributed by atoms with van der Waals surface area (Å²) in [5, 5.41) is 23.9. The number of nitrogens with zero attached hydrogens (tertiary/aromatic N) is 4. The predicted molar refractivity (Wildman–Crippen MR) is 195 cm³/mol. The summed E-state index contributed by atoms with van der Waals surface area (Å²) in [5.74, 6) is 0. The van der Waals surface area contributed by atoms with E-state index in [1.54, 1.807) is 0 Å². The number of para-hydroxylation sites is 3. The molecular formula is C44H26N4. The largest absolute Gasteiger partial charge is 0.309 e. The molecule has 48 heavy (non-hydrogen) atoms. The number of rotatable bonds is 4. The highest BCUT2D eigenvalue weighted by atomic mass is 15.0. The molecule has 0 saturated heterocycles. The molecule has 4 heteroatoms. The zero-order valence-corrected chi connectivity index (χ0v) is 25.8. The van der Waals surface area contributed by atoms with Gasteiger partial charge in [-0.25, -0.2) is 0 Å². The Kier molecular flexibility index (Phi) is 6.22. The van der Waals surface area contributed by atoms with Crippen molar-refractivity contribution in [2.45, 2.75) is 0 Å². The van der Waals surface area contributed by atoms with Gasteiger partial charge in [-0.15, -0.1) is 0 Å². The maximum absolute atomic E-state index is 9.73. The van der Waals surface area contributed by atoms with Crippen molar-refractivity contribution in [3.8, 4) is 45.8 Å². The van der Waals surface area contributed by atoms with E-state index in [0.29, 0.717) is 11.1 Å². The molecule has 0 aliphatic rings. The summed E-state index contributed by atoms with van der Waals surface area (Å²) in [6.07, 6.45) is 0. The van der Waals surface area contributed by atoms with E-state index in [0.717, 1.165) is 66.5 Å². The lowest BCUT2D eigenvalue weighted by Crippen LogP contribution is -1.97. The van der Waals surface area contributed by atoms with Crippen LogP contribution in [0, 0.1) is 22.7 Å². The van der Waals surface area contributed by atoms with Crippen LogP contribution in [0.2, 0.25) is 0 Å². The van der Waals surface area contributed by atoms with Crippen LogP contribution in [0.4, 0.5) is 0 Å². The Morgan fingerprint density at radius 1 is 0.333 bits per heavy atom. The van der Waals surface area contributed by atoms with Gasteiger partial charge >= 0.3 is 0 Å². The first-order valence-corrected chi connectivity index (χ1v) is 15.9. The molecule has 2 aromatic heterocycles. The standard InChI is InChI=1S/C44H26N4/c45-27-29-16-19-31(20-17-29)33-23-34(26-36(25-33)48-42-14-5-1-10-37(42)38-11-2-6-15-43(38)48)32-8-7-9-35(24-32)47-41-13-4-3-12-39(41)40-21-18-30(28-46)22-44(40)47/h1-26H. The molecule has 4 nitrogen and oxygen atoms in total. The monoisotopic (exact) mass is 610 g/mol. The van der Waals surface area contributed by atoms with E-state index in [4.69, 9.17) is 0 Å². The SMILES string of the molecule is N#Cc1ccc(-c2cc(-c3cccc(-n4c5ccccc5c5ccc(C#N)cc54)c3)cc(-n3c4ccccc4c4ccccc43)c2)cc1. The van der Waals surface area contributed by atoms with E-state index in [1.165, 1.54) is 10.8 Å². The second-order valence-electron chi connectivity index (χ2n) is 12.1. The molecule has 9 rings (SSSR count). The van der Waals surface area contributed by atoms with Crippen LogP contribution in [0.5, 0.6) is 0 Å². The van der Waals surface area contributed by atoms with Gasteiger partial charge in [-0.2, -0.15) is 10.5 Å². The van der Waals surface area contributed by atoms with Crippen LogP contribution >= 0.6 is 0 Å². The van der Waals surface area contributed by atoms with Crippen molar-refractivity contribution in [3.05, 3.63) is 169 Å². The third-order valence-electron chi connectivity index (χ3n) is 9.34. The van der Waals surface area contributed by atoms with Crippen molar-refractivity contribution >= 4 is 43.6 Å². The Morgan fingerprint density at radius 3 is 1.44 bits per heavy atom. The third-order valence-corrected chi connectivity index (χ3v) is 9.34. The highest BCUT2D eigenvalue weighted by Gasteiger charge is 2.16. The van der Waals surface area contributed by atoms with Crippen molar-refractivity contribution in [2.24, 2.45) is 0 Å². The lowest BCUT2D eigenvalue weighted by atomic mass is 9.97. The number of fused-ring (bicyclic) bond motifs is 6. The van der Waals surface area contributed by atoms with Gasteiger partial charge in [0.15, 0.2) is 0 Å². The number of aromatic nitrogens is 2. The first-order valence-electron chi connectivity index (χ1n) is 15.9. The van der Waals surface area contributed by atoms with Gasteiger partial charge in [-0.1, -0.05) is 84.9 Å². The molecule has 0 radical (unpaired) electrons. The van der Waals surface area contributed by atoms with Gasteiger partial charge in [-0.3, -0.25) is 0 Å². The van der Waals surface area contributed by atoms with Crippen LogP contribution in [-0.2, 0) is 0 Å². The Balaban J connectivity index is 1.30. The maximum Gasteiger partial charge on any atom is 0.0992 e. The number of nitriles is 2. The van der Waals surface area contributed by atoms with Gasteiger partial charge in [0.05, 0.1) is 45.3 Å². The minimum atomic E-state index is 0.633. The van der Waals surface area contributed by atoms with Gasteiger partial charge in [0, 0.05) is 32.9 Å². The van der Waals surface area contributed by atoms with Crippen LogP contribution < -0.4 is 0 Å². The summed E-state index contributed by atoms with van der Waals surface area (Å²) in [6, 6.07) is 59.2. The molecule has 0 fully saturated rings. The third kappa shape index (κ3) is 4.29. The van der Waals surface area contributed by atoms with Crippen molar-refractivity contribution in [3.63, 3.8) is 0 Å². The summed E-state index contributed by atoms with van der Waals surface area (Å²) < 4.78 is 4.61. The van der Waals surface area contributed by atoms with Gasteiger partial charge in [0.25, 0.3) is 0 Å². The van der Waals surface area contributed by atoms with Crippen molar-refractivity contribution in [1.82, 2.24) is 9.13 Å². The Labute approximate surface area is 277 Å². The average Bonchev–Trinajstić information content (AvgIpc) is 3.67. The fourth-order valence-electron chi connectivity index (χ4n) is 7.15. The van der Waals surface area contributed by atoms with E-state index in [2.05, 4.69) is 143 Å². The maximum atomic E-state index is 9.73. The zero-order chi connectivity index (χ0) is 32.2. The summed E-state index contributed by atoms with van der Waals surface area (Å²) in [5.41, 5.74) is 12.0. The lowest BCUT2D eigenvalue weighted by Gasteiger charge is -2.15. The van der Waals surface area contributed by atoms with Crippen molar-refractivity contribution in [2.75, 3.05) is 0 Å². The second kappa shape index (κ2) is 10.9. The molecule has 0 spiro atoms. The van der Waals surface area contributed by atoms with Crippen molar-refractivity contribution < 1.29 is 0 Å². The van der Waals surface area contributed by atoms with Crippen LogP contribution in [0.3, 0.4) is 0 Å². The van der Waals surface area contributed by atoms with E-state index >= 15 is 0 Å². The smallest absolute Gasteiger partial charge is 0.0992 e. The van der Waals surface area contributed by atoms with E-state index in [9.17, 15) is 10.5 Å². The predicted octanol–water partition coefficient (Wildman–Crippen LogP) is 11.0.